The van der Waals surface area contributed by atoms with Crippen molar-refractivity contribution in [1.29, 1.82) is 0 Å². The van der Waals surface area contributed by atoms with E-state index in [-0.39, 0.29) is 0 Å². The van der Waals surface area contributed by atoms with Crippen LogP contribution in [0.3, 0.4) is 0 Å². The Morgan fingerprint density at radius 3 is 2.86 bits per heavy atom. The molecule has 2 rings (SSSR count). The van der Waals surface area contributed by atoms with E-state index in [0.717, 1.165) is 18.3 Å². The topological polar surface area (TPSA) is 44.8 Å². The van der Waals surface area contributed by atoms with Crippen molar-refractivity contribution >= 4 is 0 Å². The average Bonchev–Trinajstić information content (AvgIpc) is 2.72. The van der Waals surface area contributed by atoms with Gasteiger partial charge in [-0.15, -0.1) is 5.10 Å². The molecular formula is C10H18N4. The molecule has 4 nitrogen and oxygen atoms in total. The van der Waals surface area contributed by atoms with Crippen LogP contribution in [0.2, 0.25) is 0 Å². The number of rotatable bonds is 3. The molecule has 1 N–H and O–H groups in total. The molecule has 14 heavy (non-hydrogen) atoms. The second-order valence-electron chi connectivity index (χ2n) is 4.17. The molecule has 0 bridgehead atoms. The molecule has 0 atom stereocenters. The molecule has 4 heteroatoms. The highest BCUT2D eigenvalue weighted by molar-refractivity contribution is 4.91. The lowest BCUT2D eigenvalue weighted by atomic mass is 9.94. The summed E-state index contributed by atoms with van der Waals surface area (Å²) in [5.74, 6) is 0. The van der Waals surface area contributed by atoms with Crippen molar-refractivity contribution < 1.29 is 0 Å². The van der Waals surface area contributed by atoms with E-state index >= 15 is 0 Å². The monoisotopic (exact) mass is 194 g/mol. The molecule has 1 heterocycles. The number of H-pyrrole nitrogens is 1. The highest BCUT2D eigenvalue weighted by Gasteiger charge is 2.18. The molecule has 1 saturated carbocycles. The molecule has 1 aromatic rings. The smallest absolute Gasteiger partial charge is 0.0964 e. The summed E-state index contributed by atoms with van der Waals surface area (Å²) in [5, 5.41) is 10.5. The minimum atomic E-state index is 0.750. The molecule has 1 aromatic heterocycles. The van der Waals surface area contributed by atoms with Crippen LogP contribution in [0.25, 0.3) is 0 Å². The lowest BCUT2D eigenvalue weighted by Crippen LogP contribution is -2.32. The lowest BCUT2D eigenvalue weighted by molar-refractivity contribution is 0.182. The van der Waals surface area contributed by atoms with Crippen molar-refractivity contribution in [2.45, 2.75) is 44.7 Å². The van der Waals surface area contributed by atoms with Gasteiger partial charge in [-0.3, -0.25) is 10.00 Å². The normalized spacial score (nSPS) is 19.0. The van der Waals surface area contributed by atoms with Crippen LogP contribution >= 0.6 is 0 Å². The summed E-state index contributed by atoms with van der Waals surface area (Å²) in [6.45, 7) is 0.918. The van der Waals surface area contributed by atoms with E-state index in [0.29, 0.717) is 0 Å². The molecule has 1 aliphatic rings. The Kier molecular flexibility index (Phi) is 3.14. The van der Waals surface area contributed by atoms with Gasteiger partial charge in [0, 0.05) is 18.8 Å². The zero-order valence-corrected chi connectivity index (χ0v) is 8.74. The lowest BCUT2D eigenvalue weighted by Gasteiger charge is -2.30. The predicted molar refractivity (Wildman–Crippen MR) is 54.7 cm³/mol. The third kappa shape index (κ3) is 2.32. The molecule has 0 radical (unpaired) electrons. The molecule has 0 amide bonds. The van der Waals surface area contributed by atoms with Crippen molar-refractivity contribution in [3.05, 3.63) is 11.9 Å². The zero-order valence-electron chi connectivity index (χ0n) is 8.74. The van der Waals surface area contributed by atoms with Gasteiger partial charge in [-0.05, 0) is 19.9 Å². The molecule has 0 spiro atoms. The molecule has 78 valence electrons. The van der Waals surface area contributed by atoms with Crippen LogP contribution in [-0.2, 0) is 6.54 Å². The first-order chi connectivity index (χ1) is 6.86. The Labute approximate surface area is 84.7 Å². The maximum Gasteiger partial charge on any atom is 0.0964 e. The first-order valence-corrected chi connectivity index (χ1v) is 5.42. The van der Waals surface area contributed by atoms with Gasteiger partial charge in [-0.25, -0.2) is 0 Å². The summed E-state index contributed by atoms with van der Waals surface area (Å²) in [7, 11) is 2.19. The maximum atomic E-state index is 4.00. The van der Waals surface area contributed by atoms with Crippen molar-refractivity contribution in [2.24, 2.45) is 0 Å². The van der Waals surface area contributed by atoms with Crippen molar-refractivity contribution in [3.8, 4) is 0 Å². The van der Waals surface area contributed by atoms with Gasteiger partial charge < -0.3 is 0 Å². The Balaban J connectivity index is 1.85. The Morgan fingerprint density at radius 2 is 2.21 bits per heavy atom. The number of hydrogen-bond donors (Lipinski definition) is 1. The number of hydrogen-bond acceptors (Lipinski definition) is 3. The number of aromatic amines is 1. The fraction of sp³-hybridized carbons (Fsp3) is 0.800. The number of nitrogens with zero attached hydrogens (tertiary/aromatic N) is 3. The van der Waals surface area contributed by atoms with Gasteiger partial charge in [-0.2, -0.15) is 0 Å². The zero-order chi connectivity index (χ0) is 9.80. The molecule has 0 saturated heterocycles. The number of aromatic nitrogens is 3. The number of nitrogens with one attached hydrogen (secondary N) is 1. The van der Waals surface area contributed by atoms with Gasteiger partial charge in [-0.1, -0.05) is 24.5 Å². The van der Waals surface area contributed by atoms with Gasteiger partial charge in [0.1, 0.15) is 0 Å². The van der Waals surface area contributed by atoms with Gasteiger partial charge in [0.15, 0.2) is 0 Å². The standard InChI is InChI=1S/C10H18N4/c1-14(8-9-7-11-13-12-9)10-5-3-2-4-6-10/h7,10H,2-6,8H2,1H3,(H,11,12,13). The quantitative estimate of drug-likeness (QED) is 0.794. The van der Waals surface area contributed by atoms with E-state index in [1.54, 1.807) is 0 Å². The largest absolute Gasteiger partial charge is 0.297 e. The van der Waals surface area contributed by atoms with E-state index in [4.69, 9.17) is 0 Å². The summed E-state index contributed by atoms with van der Waals surface area (Å²) in [4.78, 5) is 2.40. The van der Waals surface area contributed by atoms with E-state index in [9.17, 15) is 0 Å². The predicted octanol–water partition coefficient (Wildman–Crippen LogP) is 1.57. The second kappa shape index (κ2) is 4.55. The summed E-state index contributed by atoms with van der Waals surface area (Å²) in [6, 6.07) is 0.750. The van der Waals surface area contributed by atoms with Crippen molar-refractivity contribution in [3.63, 3.8) is 0 Å². The third-order valence-electron chi connectivity index (χ3n) is 3.08. The van der Waals surface area contributed by atoms with Crippen LogP contribution in [0, 0.1) is 0 Å². The van der Waals surface area contributed by atoms with E-state index in [2.05, 4.69) is 27.4 Å². The third-order valence-corrected chi connectivity index (χ3v) is 3.08. The van der Waals surface area contributed by atoms with Crippen LogP contribution in [-0.4, -0.2) is 33.4 Å². The van der Waals surface area contributed by atoms with Crippen LogP contribution < -0.4 is 0 Å². The second-order valence-corrected chi connectivity index (χ2v) is 4.17. The minimum absolute atomic E-state index is 0.750. The molecule has 0 aliphatic heterocycles. The molecule has 0 aromatic carbocycles. The van der Waals surface area contributed by atoms with Crippen LogP contribution in [0.1, 0.15) is 37.8 Å². The SMILES string of the molecule is CN(Cc1c[nH]nn1)C1CCCCC1. The highest BCUT2D eigenvalue weighted by Crippen LogP contribution is 2.22. The molecular weight excluding hydrogens is 176 g/mol. The van der Waals surface area contributed by atoms with Crippen molar-refractivity contribution in [2.75, 3.05) is 7.05 Å². The van der Waals surface area contributed by atoms with Gasteiger partial charge in [0.25, 0.3) is 0 Å². The Bertz CT molecular complexity index is 251. The molecule has 1 fully saturated rings. The minimum Gasteiger partial charge on any atom is -0.297 e. The van der Waals surface area contributed by atoms with Gasteiger partial charge >= 0.3 is 0 Å². The van der Waals surface area contributed by atoms with Gasteiger partial charge in [0.2, 0.25) is 0 Å². The van der Waals surface area contributed by atoms with E-state index in [1.165, 1.54) is 32.1 Å². The Hall–Kier alpha value is -0.900. The first-order valence-electron chi connectivity index (χ1n) is 5.42. The van der Waals surface area contributed by atoms with E-state index < -0.39 is 0 Å². The van der Waals surface area contributed by atoms with Gasteiger partial charge in [0.05, 0.1) is 5.69 Å². The fourth-order valence-electron chi connectivity index (χ4n) is 2.21. The summed E-state index contributed by atoms with van der Waals surface area (Å²) >= 11 is 0. The van der Waals surface area contributed by atoms with Crippen LogP contribution in [0.5, 0.6) is 0 Å². The summed E-state index contributed by atoms with van der Waals surface area (Å²) < 4.78 is 0. The molecule has 1 aliphatic carbocycles. The summed E-state index contributed by atoms with van der Waals surface area (Å²) in [6.07, 6.45) is 8.73. The van der Waals surface area contributed by atoms with Crippen LogP contribution in [0.15, 0.2) is 6.20 Å². The average molecular weight is 194 g/mol. The fourth-order valence-corrected chi connectivity index (χ4v) is 2.21. The van der Waals surface area contributed by atoms with E-state index in [1.807, 2.05) is 6.20 Å². The van der Waals surface area contributed by atoms with Crippen molar-refractivity contribution in [1.82, 2.24) is 20.3 Å². The summed E-state index contributed by atoms with van der Waals surface area (Å²) in [5.41, 5.74) is 1.04. The highest BCUT2D eigenvalue weighted by atomic mass is 15.3. The van der Waals surface area contributed by atoms with Crippen LogP contribution in [0.4, 0.5) is 0 Å². The first kappa shape index (κ1) is 9.65. The maximum absolute atomic E-state index is 4.00. The Morgan fingerprint density at radius 1 is 1.43 bits per heavy atom. The molecule has 0 unspecified atom stereocenters.